The average Bonchev–Trinajstić information content (AvgIpc) is 2.59. The molecule has 0 bridgehead atoms. The average molecular weight is 333 g/mol. The molecule has 0 heterocycles. The van der Waals surface area contributed by atoms with Gasteiger partial charge in [-0.05, 0) is 56.3 Å². The monoisotopic (exact) mass is 333 g/mol. The Balaban J connectivity index is 1.44. The minimum absolute atomic E-state index is 0.156. The quantitative estimate of drug-likeness (QED) is 0.437. The van der Waals surface area contributed by atoms with Crippen LogP contribution in [0, 0.1) is 17.8 Å². The summed E-state index contributed by atoms with van der Waals surface area (Å²) in [7, 11) is 0. The maximum Gasteiger partial charge on any atom is 0.169 e. The van der Waals surface area contributed by atoms with Gasteiger partial charge in [0.05, 0.1) is 17.1 Å². The van der Waals surface area contributed by atoms with Crippen molar-refractivity contribution in [3.63, 3.8) is 0 Å². The fraction of sp³-hybridized carbons (Fsp3) is 0.684. The van der Waals surface area contributed by atoms with Crippen molar-refractivity contribution in [3.8, 4) is 5.75 Å². The Morgan fingerprint density at radius 3 is 1.83 bits per heavy atom. The number of rotatable bonds is 4. The predicted molar refractivity (Wildman–Crippen MR) is 98.3 cm³/mol. The number of hydrogen-bond donors (Lipinski definition) is 3. The molecule has 0 aromatic heterocycles. The van der Waals surface area contributed by atoms with Gasteiger partial charge in [-0.25, -0.2) is 0 Å². The molecule has 5 nitrogen and oxygen atoms in total. The van der Waals surface area contributed by atoms with Gasteiger partial charge < -0.3 is 22.1 Å². The molecule has 0 amide bonds. The van der Waals surface area contributed by atoms with Crippen LogP contribution in [0.25, 0.3) is 0 Å². The minimum atomic E-state index is 0.156. The van der Waals surface area contributed by atoms with E-state index in [1.165, 1.54) is 38.5 Å². The molecule has 5 heteroatoms. The number of anilines is 3. The van der Waals surface area contributed by atoms with Crippen molar-refractivity contribution in [2.45, 2.75) is 64.4 Å². The highest BCUT2D eigenvalue weighted by Gasteiger charge is 2.30. The normalized spacial score (nSPS) is 30.9. The molecule has 2 aliphatic carbocycles. The summed E-state index contributed by atoms with van der Waals surface area (Å²) in [5, 5.41) is 0. The third-order valence-corrected chi connectivity index (χ3v) is 5.94. The summed E-state index contributed by atoms with van der Waals surface area (Å²) in [5.41, 5.74) is 18.6. The minimum Gasteiger partial charge on any atom is -0.397 e. The summed E-state index contributed by atoms with van der Waals surface area (Å²) in [4.78, 5) is 11.1. The molecular formula is C19H31N3O2. The van der Waals surface area contributed by atoms with Gasteiger partial charge in [0.1, 0.15) is 6.10 Å². The fourth-order valence-corrected chi connectivity index (χ4v) is 4.26. The first-order valence-corrected chi connectivity index (χ1v) is 9.30. The largest absolute Gasteiger partial charge is 0.397 e. The van der Waals surface area contributed by atoms with E-state index < -0.39 is 0 Å². The van der Waals surface area contributed by atoms with E-state index in [1.54, 1.807) is 12.1 Å². The van der Waals surface area contributed by atoms with Crippen molar-refractivity contribution in [2.24, 2.45) is 17.8 Å². The predicted octanol–water partition coefficient (Wildman–Crippen LogP) is 4.13. The molecule has 6 N–H and O–H groups in total. The van der Waals surface area contributed by atoms with Crippen molar-refractivity contribution in [1.82, 2.24) is 0 Å². The zero-order chi connectivity index (χ0) is 17.1. The van der Waals surface area contributed by atoms with Gasteiger partial charge in [0, 0.05) is 12.1 Å². The highest BCUT2D eigenvalue weighted by molar-refractivity contribution is 5.79. The van der Waals surface area contributed by atoms with Crippen LogP contribution in [0.15, 0.2) is 12.1 Å². The SMILES string of the molecule is CC1CCC(C2CCC(OOc3cc(N)c(N)c(N)c3)CC2)CC1. The first-order valence-electron chi connectivity index (χ1n) is 9.30. The second-order valence-corrected chi connectivity index (χ2v) is 7.75. The molecule has 24 heavy (non-hydrogen) atoms. The van der Waals surface area contributed by atoms with Gasteiger partial charge in [0.15, 0.2) is 5.75 Å². The Kier molecular flexibility index (Phi) is 5.39. The Morgan fingerprint density at radius 1 is 0.792 bits per heavy atom. The van der Waals surface area contributed by atoms with Gasteiger partial charge in [-0.3, -0.25) is 0 Å². The molecule has 0 aliphatic heterocycles. The number of benzene rings is 1. The Bertz CT molecular complexity index is 525. The fourth-order valence-electron chi connectivity index (χ4n) is 4.26. The van der Waals surface area contributed by atoms with E-state index in [0.717, 1.165) is 30.6 Å². The van der Waals surface area contributed by atoms with E-state index >= 15 is 0 Å². The third-order valence-electron chi connectivity index (χ3n) is 5.94. The third kappa shape index (κ3) is 4.07. The molecular weight excluding hydrogens is 302 g/mol. The molecule has 0 saturated heterocycles. The van der Waals surface area contributed by atoms with E-state index in [9.17, 15) is 0 Å². The van der Waals surface area contributed by atoms with Gasteiger partial charge in [-0.15, -0.1) is 0 Å². The summed E-state index contributed by atoms with van der Waals surface area (Å²) < 4.78 is 0. The molecule has 0 atom stereocenters. The molecule has 134 valence electrons. The Morgan fingerprint density at radius 2 is 1.29 bits per heavy atom. The summed E-state index contributed by atoms with van der Waals surface area (Å²) in [5.74, 6) is 3.25. The standard InChI is InChI=1S/C19H31N3O2/c1-12-2-4-13(5-3-12)14-6-8-15(9-7-14)23-24-16-10-17(20)19(22)18(21)11-16/h10-15H,2-9,20-22H2,1H3. The first-order chi connectivity index (χ1) is 11.5. The molecule has 2 saturated carbocycles. The smallest absolute Gasteiger partial charge is 0.169 e. The summed E-state index contributed by atoms with van der Waals surface area (Å²) in [6.07, 6.45) is 10.4. The molecule has 2 aliphatic rings. The lowest BCUT2D eigenvalue weighted by Crippen LogP contribution is -2.28. The zero-order valence-corrected chi connectivity index (χ0v) is 14.7. The zero-order valence-electron chi connectivity index (χ0n) is 14.7. The van der Waals surface area contributed by atoms with Crippen LogP contribution in [0.1, 0.15) is 58.3 Å². The van der Waals surface area contributed by atoms with E-state index in [2.05, 4.69) is 6.92 Å². The van der Waals surface area contributed by atoms with Gasteiger partial charge in [-0.2, -0.15) is 4.89 Å². The van der Waals surface area contributed by atoms with Crippen molar-refractivity contribution >= 4 is 17.1 Å². The van der Waals surface area contributed by atoms with Gasteiger partial charge in [0.2, 0.25) is 0 Å². The maximum atomic E-state index is 5.80. The van der Waals surface area contributed by atoms with Crippen molar-refractivity contribution in [3.05, 3.63) is 12.1 Å². The molecule has 3 rings (SSSR count). The lowest BCUT2D eigenvalue weighted by atomic mass is 9.71. The molecule has 1 aromatic rings. The number of hydrogen-bond acceptors (Lipinski definition) is 5. The van der Waals surface area contributed by atoms with Crippen LogP contribution in [0.5, 0.6) is 5.75 Å². The van der Waals surface area contributed by atoms with Crippen molar-refractivity contribution in [1.29, 1.82) is 0 Å². The van der Waals surface area contributed by atoms with Gasteiger partial charge >= 0.3 is 0 Å². The second-order valence-electron chi connectivity index (χ2n) is 7.75. The van der Waals surface area contributed by atoms with Crippen LogP contribution >= 0.6 is 0 Å². The first kappa shape index (κ1) is 17.2. The maximum absolute atomic E-state index is 5.80. The number of nitrogen functional groups attached to an aromatic ring is 3. The van der Waals surface area contributed by atoms with Crippen molar-refractivity contribution < 1.29 is 9.78 Å². The van der Waals surface area contributed by atoms with Crippen LogP contribution < -0.4 is 22.1 Å². The van der Waals surface area contributed by atoms with Gasteiger partial charge in [-0.1, -0.05) is 19.8 Å². The summed E-state index contributed by atoms with van der Waals surface area (Å²) in [6, 6.07) is 3.31. The van der Waals surface area contributed by atoms with E-state index in [-0.39, 0.29) is 6.10 Å². The summed E-state index contributed by atoms with van der Waals surface area (Å²) in [6.45, 7) is 2.38. The molecule has 0 spiro atoms. The Hall–Kier alpha value is -1.62. The molecule has 1 aromatic carbocycles. The highest BCUT2D eigenvalue weighted by Crippen LogP contribution is 2.40. The van der Waals surface area contributed by atoms with Crippen LogP contribution in [0.3, 0.4) is 0 Å². The Labute approximate surface area is 144 Å². The lowest BCUT2D eigenvalue weighted by Gasteiger charge is -2.36. The van der Waals surface area contributed by atoms with Gasteiger partial charge in [0.25, 0.3) is 0 Å². The van der Waals surface area contributed by atoms with Crippen LogP contribution in [-0.2, 0) is 4.89 Å². The second kappa shape index (κ2) is 7.51. The lowest BCUT2D eigenvalue weighted by molar-refractivity contribution is -0.253. The topological polar surface area (TPSA) is 96.5 Å². The molecule has 0 unspecified atom stereocenters. The molecule has 0 radical (unpaired) electrons. The highest BCUT2D eigenvalue weighted by atomic mass is 17.2. The van der Waals surface area contributed by atoms with E-state index in [0.29, 0.717) is 22.8 Å². The summed E-state index contributed by atoms with van der Waals surface area (Å²) >= 11 is 0. The van der Waals surface area contributed by atoms with E-state index in [1.807, 2.05) is 0 Å². The molecule has 2 fully saturated rings. The van der Waals surface area contributed by atoms with Crippen molar-refractivity contribution in [2.75, 3.05) is 17.2 Å². The number of nitrogens with two attached hydrogens (primary N) is 3. The van der Waals surface area contributed by atoms with Crippen LogP contribution in [0.2, 0.25) is 0 Å². The van der Waals surface area contributed by atoms with Crippen LogP contribution in [0.4, 0.5) is 17.1 Å². The van der Waals surface area contributed by atoms with Crippen LogP contribution in [-0.4, -0.2) is 6.10 Å². The van der Waals surface area contributed by atoms with E-state index in [4.69, 9.17) is 27.0 Å².